The number of halogens is 4. The second-order valence-corrected chi connectivity index (χ2v) is 9.71. The van der Waals surface area contributed by atoms with Crippen LogP contribution in [0.25, 0.3) is 0 Å². The summed E-state index contributed by atoms with van der Waals surface area (Å²) in [5.41, 5.74) is 1.81. The number of sulfonamides is 1. The lowest BCUT2D eigenvalue weighted by Gasteiger charge is -2.10. The van der Waals surface area contributed by atoms with Crippen molar-refractivity contribution in [2.75, 3.05) is 19.3 Å². The zero-order valence-electron chi connectivity index (χ0n) is 17.9. The monoisotopic (exact) mass is 474 g/mol. The van der Waals surface area contributed by atoms with Crippen molar-refractivity contribution in [2.24, 2.45) is 5.92 Å². The fourth-order valence-corrected chi connectivity index (χ4v) is 3.98. The predicted octanol–water partition coefficient (Wildman–Crippen LogP) is 5.47. The van der Waals surface area contributed by atoms with E-state index in [1.54, 1.807) is 19.1 Å². The Morgan fingerprint density at radius 2 is 1.77 bits per heavy atom. The lowest BCUT2D eigenvalue weighted by molar-refractivity contribution is 0.469. The summed E-state index contributed by atoms with van der Waals surface area (Å²) in [5, 5.41) is 9.00. The maximum Gasteiger partial charge on any atom is 0.211 e. The number of nitriles is 1. The largest absolute Gasteiger partial charge is 0.213 e. The molecule has 0 aromatic heterocycles. The fraction of sp³-hybridized carbons (Fsp3) is 0.409. The van der Waals surface area contributed by atoms with Crippen LogP contribution in [-0.4, -0.2) is 32.1 Å². The van der Waals surface area contributed by atoms with E-state index in [4.69, 9.17) is 16.9 Å². The molecular formula is C22H26ClF3N2O2S. The van der Waals surface area contributed by atoms with Crippen LogP contribution in [0.3, 0.4) is 0 Å². The standard InChI is InChI=1S/C8H6ClN.C8H7F3.C6H13NO2S/c1-6-2-3-7(5-10)8(9)4-6;1-2-5-3-7(10)8(11)4-6(5)9;1-6-3-4-7(5-6)10(2,8)9/h2-4H,1H3;3-4H,2H2,1H3;6H,3-5H2,1-2H3/t;;6-/m..0/s1. The van der Waals surface area contributed by atoms with Crippen LogP contribution in [-0.2, 0) is 16.4 Å². The van der Waals surface area contributed by atoms with Crippen molar-refractivity contribution < 1.29 is 21.6 Å². The van der Waals surface area contributed by atoms with Crippen molar-refractivity contribution in [3.05, 3.63) is 69.5 Å². The van der Waals surface area contributed by atoms with Gasteiger partial charge in [-0.1, -0.05) is 31.5 Å². The van der Waals surface area contributed by atoms with Crippen LogP contribution in [0, 0.1) is 41.6 Å². The third-order valence-electron chi connectivity index (χ3n) is 4.57. The van der Waals surface area contributed by atoms with Gasteiger partial charge >= 0.3 is 0 Å². The molecule has 4 nitrogen and oxygen atoms in total. The van der Waals surface area contributed by atoms with E-state index in [0.717, 1.165) is 18.1 Å². The first kappa shape index (κ1) is 27.0. The Bertz CT molecular complexity index is 1040. The van der Waals surface area contributed by atoms with Crippen LogP contribution in [0.4, 0.5) is 13.2 Å². The topological polar surface area (TPSA) is 61.2 Å². The van der Waals surface area contributed by atoms with Gasteiger partial charge in [-0.2, -0.15) is 5.26 Å². The van der Waals surface area contributed by atoms with E-state index in [1.165, 1.54) is 10.6 Å². The molecule has 170 valence electrons. The maximum atomic E-state index is 12.6. The predicted molar refractivity (Wildman–Crippen MR) is 117 cm³/mol. The molecule has 9 heteroatoms. The first-order chi connectivity index (χ1) is 14.4. The minimum Gasteiger partial charge on any atom is -0.213 e. The highest BCUT2D eigenvalue weighted by atomic mass is 35.5. The van der Waals surface area contributed by atoms with E-state index in [1.807, 2.05) is 19.1 Å². The molecule has 3 rings (SSSR count). The number of nitrogens with zero attached hydrogens (tertiary/aromatic N) is 2. The second kappa shape index (κ2) is 12.1. The van der Waals surface area contributed by atoms with Gasteiger partial charge in [-0.25, -0.2) is 25.9 Å². The van der Waals surface area contributed by atoms with Crippen LogP contribution in [0.5, 0.6) is 0 Å². The van der Waals surface area contributed by atoms with E-state index in [-0.39, 0.29) is 5.56 Å². The van der Waals surface area contributed by atoms with Gasteiger partial charge in [0, 0.05) is 19.2 Å². The lowest BCUT2D eigenvalue weighted by Crippen LogP contribution is -2.27. The van der Waals surface area contributed by atoms with Crippen LogP contribution >= 0.6 is 11.6 Å². The van der Waals surface area contributed by atoms with Crippen molar-refractivity contribution >= 4 is 21.6 Å². The number of benzene rings is 2. The van der Waals surface area contributed by atoms with Crippen LogP contribution in [0.2, 0.25) is 5.02 Å². The molecule has 1 aliphatic rings. The molecular weight excluding hydrogens is 449 g/mol. The van der Waals surface area contributed by atoms with Gasteiger partial charge in [-0.3, -0.25) is 0 Å². The molecule has 0 radical (unpaired) electrons. The van der Waals surface area contributed by atoms with Gasteiger partial charge in [0.05, 0.1) is 16.8 Å². The first-order valence-electron chi connectivity index (χ1n) is 9.63. The quantitative estimate of drug-likeness (QED) is 0.542. The minimum absolute atomic E-state index is 0.198. The lowest BCUT2D eigenvalue weighted by atomic mass is 10.1. The van der Waals surface area contributed by atoms with Gasteiger partial charge in [0.2, 0.25) is 10.0 Å². The molecule has 0 amide bonds. The van der Waals surface area contributed by atoms with Crippen molar-refractivity contribution in [3.8, 4) is 6.07 Å². The van der Waals surface area contributed by atoms with Gasteiger partial charge in [-0.05, 0) is 55.0 Å². The van der Waals surface area contributed by atoms with Crippen molar-refractivity contribution in [1.29, 1.82) is 5.26 Å². The summed E-state index contributed by atoms with van der Waals surface area (Å²) in [7, 11) is -2.90. The third kappa shape index (κ3) is 8.90. The maximum absolute atomic E-state index is 12.6. The molecule has 0 saturated carbocycles. The molecule has 2 aromatic carbocycles. The molecule has 1 fully saturated rings. The summed E-state index contributed by atoms with van der Waals surface area (Å²) in [6.07, 6.45) is 2.64. The Labute approximate surface area is 187 Å². The molecule has 1 saturated heterocycles. The van der Waals surface area contributed by atoms with Gasteiger partial charge in [-0.15, -0.1) is 0 Å². The summed E-state index contributed by atoms with van der Waals surface area (Å²) < 4.78 is 60.7. The number of hydrogen-bond donors (Lipinski definition) is 0. The molecule has 2 aromatic rings. The fourth-order valence-electron chi connectivity index (χ4n) is 2.74. The molecule has 0 N–H and O–H groups in total. The number of hydrogen-bond acceptors (Lipinski definition) is 3. The smallest absolute Gasteiger partial charge is 0.211 e. The summed E-state index contributed by atoms with van der Waals surface area (Å²) in [5.74, 6) is -2.29. The van der Waals surface area contributed by atoms with Crippen molar-refractivity contribution in [1.82, 2.24) is 4.31 Å². The summed E-state index contributed by atoms with van der Waals surface area (Å²) in [4.78, 5) is 0. The molecule has 1 aliphatic heterocycles. The Morgan fingerprint density at radius 3 is 2.19 bits per heavy atom. The van der Waals surface area contributed by atoms with Crippen LogP contribution < -0.4 is 0 Å². The SMILES string of the molecule is CCc1cc(F)c(F)cc1F.C[C@H]1CCN(S(C)(=O)=O)C1.Cc1ccc(C#N)c(Cl)c1. The Kier molecular flexibility index (Phi) is 10.5. The average Bonchev–Trinajstić information content (AvgIpc) is 3.13. The van der Waals surface area contributed by atoms with Gasteiger partial charge < -0.3 is 0 Å². The summed E-state index contributed by atoms with van der Waals surface area (Å²) in [6.45, 7) is 7.10. The number of rotatable bonds is 2. The molecule has 31 heavy (non-hydrogen) atoms. The third-order valence-corrected chi connectivity index (χ3v) is 6.15. The normalized spacial score (nSPS) is 15.9. The molecule has 1 heterocycles. The number of aryl methyl sites for hydroxylation is 2. The molecule has 0 unspecified atom stereocenters. The van der Waals surface area contributed by atoms with E-state index in [0.29, 0.717) is 42.1 Å². The minimum atomic E-state index is -2.90. The van der Waals surface area contributed by atoms with E-state index < -0.39 is 27.5 Å². The van der Waals surface area contributed by atoms with Crippen molar-refractivity contribution in [2.45, 2.75) is 33.6 Å². The molecule has 0 aliphatic carbocycles. The molecule has 0 bridgehead atoms. The van der Waals surface area contributed by atoms with E-state index >= 15 is 0 Å². The van der Waals surface area contributed by atoms with Gasteiger partial charge in [0.15, 0.2) is 11.6 Å². The highest BCUT2D eigenvalue weighted by Crippen LogP contribution is 2.17. The zero-order chi connectivity index (χ0) is 23.8. The van der Waals surface area contributed by atoms with E-state index in [2.05, 4.69) is 6.92 Å². The molecule has 0 spiro atoms. The Hall–Kier alpha value is -2.08. The summed E-state index contributed by atoms with van der Waals surface area (Å²) >= 11 is 5.71. The van der Waals surface area contributed by atoms with Crippen LogP contribution in [0.1, 0.15) is 37.0 Å². The van der Waals surface area contributed by atoms with Crippen molar-refractivity contribution in [3.63, 3.8) is 0 Å². The van der Waals surface area contributed by atoms with Crippen LogP contribution in [0.15, 0.2) is 30.3 Å². The summed E-state index contributed by atoms with van der Waals surface area (Å²) in [6, 6.07) is 8.80. The first-order valence-corrected chi connectivity index (χ1v) is 11.9. The average molecular weight is 475 g/mol. The van der Waals surface area contributed by atoms with Gasteiger partial charge in [0.25, 0.3) is 0 Å². The Balaban J connectivity index is 0.000000233. The highest BCUT2D eigenvalue weighted by Gasteiger charge is 2.25. The Morgan fingerprint density at radius 1 is 1.16 bits per heavy atom. The van der Waals surface area contributed by atoms with Gasteiger partial charge in [0.1, 0.15) is 11.9 Å². The zero-order valence-corrected chi connectivity index (χ0v) is 19.5. The highest BCUT2D eigenvalue weighted by molar-refractivity contribution is 7.88. The second-order valence-electron chi connectivity index (χ2n) is 7.32. The molecule has 1 atom stereocenters. The van der Waals surface area contributed by atoms with E-state index in [9.17, 15) is 21.6 Å².